The number of aryl methyl sites for hydroxylation is 1. The van der Waals surface area contributed by atoms with E-state index in [4.69, 9.17) is 20.9 Å². The maximum absolute atomic E-state index is 12.7. The number of amides is 2. The fourth-order valence-corrected chi connectivity index (χ4v) is 3.50. The lowest BCUT2D eigenvalue weighted by Crippen LogP contribution is -2.31. The first-order valence-corrected chi connectivity index (χ1v) is 10.2. The van der Waals surface area contributed by atoms with Gasteiger partial charge >= 0.3 is 13.6 Å². The maximum atomic E-state index is 12.7. The molecule has 0 atom stereocenters. The molecule has 0 radical (unpaired) electrons. The largest absolute Gasteiger partial charge is 0.384 e. The summed E-state index contributed by atoms with van der Waals surface area (Å²) >= 11 is 0. The molecule has 8 nitrogen and oxygen atoms in total. The third kappa shape index (κ3) is 4.54. The second-order valence-electron chi connectivity index (χ2n) is 6.35. The number of anilines is 2. The summed E-state index contributed by atoms with van der Waals surface area (Å²) in [5.41, 5.74) is 8.35. The van der Waals surface area contributed by atoms with E-state index in [1.54, 1.807) is 58.3 Å². The summed E-state index contributed by atoms with van der Waals surface area (Å²) in [7, 11) is -4.02. The highest BCUT2D eigenvalue weighted by molar-refractivity contribution is 7.51. The van der Waals surface area contributed by atoms with Gasteiger partial charge in [0.2, 0.25) is 0 Å². The van der Waals surface area contributed by atoms with Crippen LogP contribution in [0.5, 0.6) is 0 Å². The summed E-state index contributed by atoms with van der Waals surface area (Å²) in [5, 5.41) is 7.43. The molecule has 142 valence electrons. The van der Waals surface area contributed by atoms with Gasteiger partial charge in [0, 0.05) is 30.0 Å². The second-order valence-corrected chi connectivity index (χ2v) is 8.13. The molecule has 1 aliphatic heterocycles. The Hall–Kier alpha value is -2.67. The molecular weight excluding hydrogens is 367 g/mol. The number of urea groups is 1. The predicted molar refractivity (Wildman–Crippen MR) is 105 cm³/mol. The fraction of sp³-hybridized carbons (Fsp3) is 0.222. The van der Waals surface area contributed by atoms with Gasteiger partial charge in [-0.1, -0.05) is 12.1 Å². The Labute approximate surface area is 156 Å². The van der Waals surface area contributed by atoms with Gasteiger partial charge in [0.15, 0.2) is 0 Å². The Morgan fingerprint density at radius 1 is 1.00 bits per heavy atom. The zero-order chi connectivity index (χ0) is 19.6. The summed E-state index contributed by atoms with van der Waals surface area (Å²) in [4.78, 5) is 34.0. The first kappa shape index (κ1) is 19.1. The average molecular weight is 388 g/mol. The van der Waals surface area contributed by atoms with E-state index in [1.807, 2.05) is 0 Å². The Balaban J connectivity index is 1.69. The molecule has 1 aliphatic rings. The van der Waals surface area contributed by atoms with Gasteiger partial charge in [-0.15, -0.1) is 0 Å². The lowest BCUT2D eigenvalue weighted by Gasteiger charge is -2.19. The smallest absolute Gasteiger partial charge is 0.329 e. The molecule has 0 spiro atoms. The normalized spacial score (nSPS) is 14.7. The highest BCUT2D eigenvalue weighted by Gasteiger charge is 2.30. The number of benzene rings is 2. The molecule has 2 amide bonds. The van der Waals surface area contributed by atoms with E-state index in [2.05, 4.69) is 0 Å². The van der Waals surface area contributed by atoms with Crippen molar-refractivity contribution < 1.29 is 19.1 Å². The third-order valence-corrected chi connectivity index (χ3v) is 5.24. The van der Waals surface area contributed by atoms with Gasteiger partial charge in [-0.25, -0.2) is 4.79 Å². The third-order valence-electron chi connectivity index (χ3n) is 4.44. The molecule has 5 N–H and O–H groups in total. The molecule has 0 saturated carbocycles. The van der Waals surface area contributed by atoms with Crippen molar-refractivity contribution in [2.75, 3.05) is 29.1 Å². The summed E-state index contributed by atoms with van der Waals surface area (Å²) in [6.07, 6.45) is 0.0894. The number of rotatable bonds is 6. The summed E-state index contributed by atoms with van der Waals surface area (Å²) < 4.78 is 11.0. The van der Waals surface area contributed by atoms with E-state index in [0.29, 0.717) is 18.7 Å². The lowest BCUT2D eigenvalue weighted by molar-refractivity contribution is 0.256. The number of nitrogens with zero attached hydrogens (tertiary/aromatic N) is 2. The topological polar surface area (TPSA) is 131 Å². The number of hydrogen-bond acceptors (Lipinski definition) is 3. The number of nitrogens with two attached hydrogens (primary N) is 1. The van der Waals surface area contributed by atoms with Crippen LogP contribution < -0.4 is 15.5 Å². The van der Waals surface area contributed by atoms with Crippen molar-refractivity contribution >= 4 is 30.8 Å². The standard InChI is InChI=1S/C18H21N4O4P/c19-17(20)14-3-7-16(8-4-14)22-11-10-21(18(22)23)15-5-1-13(2-6-15)9-12-27(24,25)26/h1-8H,9-12H2,(H3,19,20)(H2,24,25,26). The van der Waals surface area contributed by atoms with Gasteiger partial charge in [0.05, 0.1) is 6.16 Å². The van der Waals surface area contributed by atoms with Crippen LogP contribution in [0.1, 0.15) is 11.1 Å². The van der Waals surface area contributed by atoms with E-state index in [1.165, 1.54) is 0 Å². The van der Waals surface area contributed by atoms with E-state index >= 15 is 0 Å². The molecule has 9 heteroatoms. The molecule has 2 aromatic rings. The Morgan fingerprint density at radius 3 is 1.93 bits per heavy atom. The maximum Gasteiger partial charge on any atom is 0.329 e. The van der Waals surface area contributed by atoms with Gasteiger partial charge in [-0.3, -0.25) is 19.8 Å². The van der Waals surface area contributed by atoms with E-state index < -0.39 is 7.60 Å². The van der Waals surface area contributed by atoms with Crippen molar-refractivity contribution in [2.45, 2.75) is 6.42 Å². The Kier molecular flexibility index (Phi) is 5.32. The van der Waals surface area contributed by atoms with Crippen molar-refractivity contribution in [3.05, 3.63) is 59.7 Å². The van der Waals surface area contributed by atoms with E-state index in [0.717, 1.165) is 16.9 Å². The lowest BCUT2D eigenvalue weighted by atomic mass is 10.1. The van der Waals surface area contributed by atoms with Crippen LogP contribution in [-0.4, -0.2) is 40.9 Å². The van der Waals surface area contributed by atoms with Crippen LogP contribution in [-0.2, 0) is 11.0 Å². The van der Waals surface area contributed by atoms with Gasteiger partial charge in [0.25, 0.3) is 0 Å². The minimum atomic E-state index is -4.02. The van der Waals surface area contributed by atoms with Crippen molar-refractivity contribution in [1.29, 1.82) is 5.41 Å². The number of amidine groups is 1. The van der Waals surface area contributed by atoms with Gasteiger partial charge in [-0.05, 0) is 48.4 Å². The first-order valence-electron chi connectivity index (χ1n) is 8.41. The number of hydrogen-bond donors (Lipinski definition) is 4. The predicted octanol–water partition coefficient (Wildman–Crippen LogP) is 2.14. The molecule has 27 heavy (non-hydrogen) atoms. The summed E-state index contributed by atoms with van der Waals surface area (Å²) in [5.74, 6) is -0.0187. The molecule has 0 bridgehead atoms. The van der Waals surface area contributed by atoms with Crippen LogP contribution in [0.3, 0.4) is 0 Å². The van der Waals surface area contributed by atoms with Crippen LogP contribution in [0.15, 0.2) is 48.5 Å². The molecule has 3 rings (SSSR count). The SMILES string of the molecule is N=C(N)c1ccc(N2CCN(c3ccc(CCP(=O)(O)O)cc3)C2=O)cc1. The Bertz CT molecular complexity index is 893. The van der Waals surface area contributed by atoms with Gasteiger partial charge < -0.3 is 15.5 Å². The average Bonchev–Trinajstić information content (AvgIpc) is 3.01. The first-order chi connectivity index (χ1) is 12.7. The number of nitrogens with one attached hydrogen (secondary N) is 1. The monoisotopic (exact) mass is 388 g/mol. The molecule has 2 aromatic carbocycles. The van der Waals surface area contributed by atoms with E-state index in [9.17, 15) is 9.36 Å². The molecular formula is C18H21N4O4P. The fourth-order valence-electron chi connectivity index (χ4n) is 2.95. The minimum absolute atomic E-state index is 0.0187. The zero-order valence-electron chi connectivity index (χ0n) is 14.6. The molecule has 1 heterocycles. The highest BCUT2D eigenvalue weighted by atomic mass is 31.2. The van der Waals surface area contributed by atoms with Gasteiger partial charge in [-0.2, -0.15) is 0 Å². The molecule has 0 aliphatic carbocycles. The van der Waals surface area contributed by atoms with Crippen molar-refractivity contribution in [1.82, 2.24) is 0 Å². The van der Waals surface area contributed by atoms with Crippen LogP contribution >= 0.6 is 7.60 Å². The minimum Gasteiger partial charge on any atom is -0.384 e. The van der Waals surface area contributed by atoms with Crippen molar-refractivity contribution in [2.24, 2.45) is 5.73 Å². The number of carbonyl (C=O) groups excluding carboxylic acids is 1. The molecule has 0 unspecified atom stereocenters. The zero-order valence-corrected chi connectivity index (χ0v) is 15.5. The van der Waals surface area contributed by atoms with Crippen LogP contribution in [0.4, 0.5) is 16.2 Å². The summed E-state index contributed by atoms with van der Waals surface area (Å²) in [6, 6.07) is 13.9. The van der Waals surface area contributed by atoms with E-state index in [-0.39, 0.29) is 24.4 Å². The second kappa shape index (κ2) is 7.52. The quantitative estimate of drug-likeness (QED) is 0.342. The van der Waals surface area contributed by atoms with Gasteiger partial charge in [0.1, 0.15) is 5.84 Å². The highest BCUT2D eigenvalue weighted by Crippen LogP contribution is 2.35. The van der Waals surface area contributed by atoms with Crippen LogP contribution in [0.25, 0.3) is 0 Å². The molecule has 0 aromatic heterocycles. The molecule has 1 fully saturated rings. The Morgan fingerprint density at radius 2 is 1.48 bits per heavy atom. The summed E-state index contributed by atoms with van der Waals surface area (Å²) in [6.45, 7) is 1.08. The number of nitrogen functional groups attached to an aromatic ring is 1. The van der Waals surface area contributed by atoms with Crippen LogP contribution in [0, 0.1) is 5.41 Å². The number of carbonyl (C=O) groups is 1. The van der Waals surface area contributed by atoms with Crippen molar-refractivity contribution in [3.8, 4) is 0 Å². The molecule has 1 saturated heterocycles. The van der Waals surface area contributed by atoms with Crippen molar-refractivity contribution in [3.63, 3.8) is 0 Å². The van der Waals surface area contributed by atoms with Crippen LogP contribution in [0.2, 0.25) is 0 Å².